The molecule has 0 unspecified atom stereocenters. The first kappa shape index (κ1) is 23.8. The average Bonchev–Trinajstić information content (AvgIpc) is 2.80. The Morgan fingerprint density at radius 2 is 1.69 bits per heavy atom. The van der Waals surface area contributed by atoms with Gasteiger partial charge in [-0.25, -0.2) is 23.4 Å². The number of carbonyl (C=O) groups is 1. The van der Waals surface area contributed by atoms with Gasteiger partial charge in [-0.3, -0.25) is 18.9 Å². The molecule has 0 saturated heterocycles. The topological polar surface area (TPSA) is 136 Å². The molecule has 0 atom stereocenters. The third-order valence-corrected chi connectivity index (χ3v) is 6.29. The van der Waals surface area contributed by atoms with E-state index in [1.165, 1.54) is 47.3 Å². The molecule has 0 radical (unpaired) electrons. The highest BCUT2D eigenvalue weighted by molar-refractivity contribution is 7.92. The molecule has 2 aromatic carbocycles. The second kappa shape index (κ2) is 9.85. The number of benzene rings is 2. The molecule has 35 heavy (non-hydrogen) atoms. The van der Waals surface area contributed by atoms with Crippen molar-refractivity contribution >= 4 is 27.4 Å². The fourth-order valence-electron chi connectivity index (χ4n) is 3.35. The van der Waals surface area contributed by atoms with Crippen LogP contribution >= 0.6 is 0 Å². The van der Waals surface area contributed by atoms with Crippen molar-refractivity contribution in [2.24, 2.45) is 0 Å². The predicted octanol–water partition coefficient (Wildman–Crippen LogP) is 2.76. The van der Waals surface area contributed by atoms with Crippen LogP contribution < -0.4 is 15.6 Å². The molecule has 2 N–H and O–H groups in total. The Bertz CT molecular complexity index is 1510. The first-order valence-corrected chi connectivity index (χ1v) is 12.0. The van der Waals surface area contributed by atoms with Crippen LogP contribution in [0.15, 0.2) is 82.7 Å². The molecule has 0 bridgehead atoms. The molecule has 0 spiro atoms. The van der Waals surface area contributed by atoms with Crippen molar-refractivity contribution in [3.8, 4) is 11.3 Å². The summed E-state index contributed by atoms with van der Waals surface area (Å²) in [7, 11) is -3.88. The molecule has 0 fully saturated rings. The van der Waals surface area contributed by atoms with E-state index in [-0.39, 0.29) is 22.8 Å². The molecular formula is C24H22N6O4S. The van der Waals surface area contributed by atoms with Crippen molar-refractivity contribution in [2.75, 3.05) is 10.0 Å². The number of nitrogens with one attached hydrogen (secondary N) is 2. The summed E-state index contributed by atoms with van der Waals surface area (Å²) >= 11 is 0. The summed E-state index contributed by atoms with van der Waals surface area (Å²) in [5, 5.41) is 2.64. The number of sulfonamides is 1. The van der Waals surface area contributed by atoms with Gasteiger partial charge in [-0.1, -0.05) is 30.3 Å². The summed E-state index contributed by atoms with van der Waals surface area (Å²) in [6, 6.07) is 17.8. The van der Waals surface area contributed by atoms with Crippen LogP contribution in [-0.4, -0.2) is 33.8 Å². The van der Waals surface area contributed by atoms with E-state index in [1.54, 1.807) is 13.8 Å². The van der Waals surface area contributed by atoms with Crippen molar-refractivity contribution in [1.82, 2.24) is 19.5 Å². The van der Waals surface area contributed by atoms with E-state index in [9.17, 15) is 18.0 Å². The molecule has 0 aliphatic heterocycles. The Morgan fingerprint density at radius 1 is 0.971 bits per heavy atom. The molecule has 4 rings (SSSR count). The van der Waals surface area contributed by atoms with Gasteiger partial charge in [-0.05, 0) is 38.1 Å². The van der Waals surface area contributed by atoms with Gasteiger partial charge in [0.2, 0.25) is 5.91 Å². The molecule has 4 aromatic rings. The van der Waals surface area contributed by atoms with Crippen LogP contribution in [0.5, 0.6) is 0 Å². The van der Waals surface area contributed by atoms with Crippen LogP contribution in [0.2, 0.25) is 0 Å². The third-order valence-electron chi connectivity index (χ3n) is 4.92. The lowest BCUT2D eigenvalue weighted by Crippen LogP contribution is -2.27. The Kier molecular flexibility index (Phi) is 6.69. The van der Waals surface area contributed by atoms with Gasteiger partial charge in [0.1, 0.15) is 18.2 Å². The highest BCUT2D eigenvalue weighted by Gasteiger charge is 2.16. The van der Waals surface area contributed by atoms with Crippen molar-refractivity contribution in [2.45, 2.75) is 25.3 Å². The van der Waals surface area contributed by atoms with E-state index in [1.807, 2.05) is 30.3 Å². The Balaban J connectivity index is 1.41. The number of amides is 1. The standard InChI is InChI=1S/C24H22N6O4S/c1-16-12-22(27-17(2)26-16)29-35(33,34)20-10-8-19(9-11-20)28-23(31)14-30-15-25-21(13-24(30)32)18-6-4-3-5-7-18/h3-13,15H,14H2,1-2H3,(H,28,31)(H,26,27,29). The molecule has 0 saturated carbocycles. The zero-order valence-electron chi connectivity index (χ0n) is 19.0. The van der Waals surface area contributed by atoms with Gasteiger partial charge in [-0.15, -0.1) is 0 Å². The first-order valence-electron chi connectivity index (χ1n) is 10.6. The monoisotopic (exact) mass is 490 g/mol. The lowest BCUT2D eigenvalue weighted by molar-refractivity contribution is -0.116. The Labute approximate surface area is 201 Å². The van der Waals surface area contributed by atoms with Gasteiger partial charge in [-0.2, -0.15) is 0 Å². The highest BCUT2D eigenvalue weighted by atomic mass is 32.2. The number of anilines is 2. The van der Waals surface area contributed by atoms with Gasteiger partial charge in [0.25, 0.3) is 15.6 Å². The van der Waals surface area contributed by atoms with Crippen LogP contribution in [0, 0.1) is 13.8 Å². The normalized spacial score (nSPS) is 11.1. The van der Waals surface area contributed by atoms with E-state index in [2.05, 4.69) is 25.0 Å². The summed E-state index contributed by atoms with van der Waals surface area (Å²) in [6.45, 7) is 3.17. The minimum Gasteiger partial charge on any atom is -0.325 e. The number of hydrogen-bond acceptors (Lipinski definition) is 7. The maximum Gasteiger partial charge on any atom is 0.263 e. The van der Waals surface area contributed by atoms with E-state index in [0.29, 0.717) is 22.9 Å². The number of carbonyl (C=O) groups excluding carboxylic acids is 1. The largest absolute Gasteiger partial charge is 0.325 e. The van der Waals surface area contributed by atoms with Gasteiger partial charge in [0, 0.05) is 29.1 Å². The van der Waals surface area contributed by atoms with Crippen LogP contribution in [0.25, 0.3) is 11.3 Å². The molecule has 10 nitrogen and oxygen atoms in total. The van der Waals surface area contributed by atoms with Gasteiger partial charge >= 0.3 is 0 Å². The average molecular weight is 491 g/mol. The van der Waals surface area contributed by atoms with Gasteiger partial charge < -0.3 is 5.32 Å². The van der Waals surface area contributed by atoms with Crippen molar-refractivity contribution in [1.29, 1.82) is 0 Å². The number of nitrogens with zero attached hydrogens (tertiary/aromatic N) is 4. The molecule has 2 aromatic heterocycles. The second-order valence-corrected chi connectivity index (χ2v) is 9.41. The van der Waals surface area contributed by atoms with E-state index >= 15 is 0 Å². The second-order valence-electron chi connectivity index (χ2n) is 7.73. The SMILES string of the molecule is Cc1cc(NS(=O)(=O)c2ccc(NC(=O)Cn3cnc(-c4ccccc4)cc3=O)cc2)nc(C)n1. The fraction of sp³-hybridized carbons (Fsp3) is 0.125. The van der Waals surface area contributed by atoms with Gasteiger partial charge in [0.05, 0.1) is 16.9 Å². The Morgan fingerprint density at radius 3 is 2.34 bits per heavy atom. The van der Waals surface area contributed by atoms with Gasteiger partial charge in [0.15, 0.2) is 0 Å². The molecule has 178 valence electrons. The summed E-state index contributed by atoms with van der Waals surface area (Å²) in [5.74, 6) is 0.163. The van der Waals surface area contributed by atoms with E-state index in [4.69, 9.17) is 0 Å². The van der Waals surface area contributed by atoms with E-state index < -0.39 is 15.9 Å². The smallest absolute Gasteiger partial charge is 0.263 e. The maximum absolute atomic E-state index is 12.7. The third kappa shape index (κ3) is 5.95. The van der Waals surface area contributed by atoms with Crippen molar-refractivity contribution < 1.29 is 13.2 Å². The quantitative estimate of drug-likeness (QED) is 0.406. The van der Waals surface area contributed by atoms with Crippen LogP contribution in [0.4, 0.5) is 11.5 Å². The summed E-state index contributed by atoms with van der Waals surface area (Å²) < 4.78 is 28.9. The lowest BCUT2D eigenvalue weighted by atomic mass is 10.1. The molecule has 0 aliphatic carbocycles. The fourth-order valence-corrected chi connectivity index (χ4v) is 4.34. The maximum atomic E-state index is 12.7. The van der Waals surface area contributed by atoms with Crippen LogP contribution in [-0.2, 0) is 21.4 Å². The summed E-state index contributed by atoms with van der Waals surface area (Å²) in [5.41, 5.74) is 1.97. The zero-order chi connectivity index (χ0) is 25.0. The van der Waals surface area contributed by atoms with Crippen molar-refractivity contribution in [3.05, 3.63) is 94.9 Å². The number of aromatic nitrogens is 4. The van der Waals surface area contributed by atoms with Crippen LogP contribution in [0.3, 0.4) is 0 Å². The highest BCUT2D eigenvalue weighted by Crippen LogP contribution is 2.18. The van der Waals surface area contributed by atoms with Crippen LogP contribution in [0.1, 0.15) is 11.5 Å². The molecule has 1 amide bonds. The minimum atomic E-state index is -3.88. The zero-order valence-corrected chi connectivity index (χ0v) is 19.8. The molecular weight excluding hydrogens is 468 g/mol. The number of rotatable bonds is 7. The number of aryl methyl sites for hydroxylation is 2. The Hall–Kier alpha value is -4.38. The molecule has 11 heteroatoms. The molecule has 0 aliphatic rings. The number of hydrogen-bond donors (Lipinski definition) is 2. The minimum absolute atomic E-state index is 0.00124. The predicted molar refractivity (Wildman–Crippen MR) is 131 cm³/mol. The first-order chi connectivity index (χ1) is 16.7. The molecule has 2 heterocycles. The summed E-state index contributed by atoms with van der Waals surface area (Å²) in [6.07, 6.45) is 1.32. The van der Waals surface area contributed by atoms with E-state index in [0.717, 1.165) is 5.56 Å². The van der Waals surface area contributed by atoms with Crippen molar-refractivity contribution in [3.63, 3.8) is 0 Å². The summed E-state index contributed by atoms with van der Waals surface area (Å²) in [4.78, 5) is 37.3. The lowest BCUT2D eigenvalue weighted by Gasteiger charge is -2.10.